The molecule has 0 aliphatic rings. The first-order valence-corrected chi connectivity index (χ1v) is 4.09. The van der Waals surface area contributed by atoms with Gasteiger partial charge in [0.1, 0.15) is 5.56 Å². The number of benzene rings is 1. The van der Waals surface area contributed by atoms with E-state index in [1.807, 2.05) is 0 Å². The van der Waals surface area contributed by atoms with Crippen molar-refractivity contribution in [1.82, 2.24) is 0 Å². The van der Waals surface area contributed by atoms with Gasteiger partial charge in [-0.15, -0.1) is 0 Å². The summed E-state index contributed by atoms with van der Waals surface area (Å²) in [5, 5.41) is 0. The van der Waals surface area contributed by atoms with E-state index in [0.717, 1.165) is 7.11 Å². The lowest BCUT2D eigenvalue weighted by Gasteiger charge is -2.15. The Morgan fingerprint density at radius 3 is 1.82 bits per heavy atom. The molecule has 0 unspecified atom stereocenters. The molecule has 96 valence electrons. The second kappa shape index (κ2) is 4.08. The summed E-state index contributed by atoms with van der Waals surface area (Å²) < 4.78 is 90.9. The van der Waals surface area contributed by atoms with E-state index < -0.39 is 35.0 Å². The lowest BCUT2D eigenvalue weighted by Crippen LogP contribution is -2.13. The molecule has 1 rings (SSSR count). The van der Waals surface area contributed by atoms with E-state index in [1.165, 1.54) is 0 Å². The Hall–Kier alpha value is -1.47. The van der Waals surface area contributed by atoms with Gasteiger partial charge in [0.05, 0.1) is 12.7 Å². The largest absolute Gasteiger partial charge is 0.493 e. The van der Waals surface area contributed by atoms with Gasteiger partial charge in [-0.25, -0.2) is 4.39 Å². The molecule has 0 spiro atoms. The van der Waals surface area contributed by atoms with E-state index in [4.69, 9.17) is 0 Å². The van der Waals surface area contributed by atoms with E-state index in [1.54, 1.807) is 0 Å². The van der Waals surface area contributed by atoms with Gasteiger partial charge < -0.3 is 4.74 Å². The number of methoxy groups -OCH3 is 1. The fourth-order valence-electron chi connectivity index (χ4n) is 1.18. The molecule has 0 aliphatic carbocycles. The zero-order chi connectivity index (χ0) is 13.4. The Labute approximate surface area is 90.8 Å². The van der Waals surface area contributed by atoms with Crippen molar-refractivity contribution >= 4 is 0 Å². The van der Waals surface area contributed by atoms with Crippen molar-refractivity contribution in [2.45, 2.75) is 12.4 Å². The third-order valence-corrected chi connectivity index (χ3v) is 1.88. The highest BCUT2D eigenvalue weighted by molar-refractivity contribution is 5.41. The maximum absolute atomic E-state index is 13.0. The van der Waals surface area contributed by atoms with Crippen molar-refractivity contribution in [1.29, 1.82) is 0 Å². The van der Waals surface area contributed by atoms with Crippen molar-refractivity contribution in [3.05, 3.63) is 29.1 Å². The minimum absolute atomic E-state index is 0.0475. The molecule has 0 heterocycles. The summed E-state index contributed by atoms with van der Waals surface area (Å²) in [6, 6.07) is -0.240. The number of hydrogen-bond donors (Lipinski definition) is 0. The molecule has 0 saturated carbocycles. The maximum Gasteiger partial charge on any atom is 0.420 e. The predicted molar refractivity (Wildman–Crippen MR) is 43.0 cm³/mol. The summed E-state index contributed by atoms with van der Waals surface area (Å²) in [7, 11) is 0.737. The number of halogens is 7. The minimum Gasteiger partial charge on any atom is -0.493 e. The van der Waals surface area contributed by atoms with Crippen LogP contribution in [0.2, 0.25) is 0 Å². The summed E-state index contributed by atoms with van der Waals surface area (Å²) in [5.41, 5.74) is -3.52. The third kappa shape index (κ3) is 2.80. The Kier molecular flexibility index (Phi) is 3.26. The van der Waals surface area contributed by atoms with Gasteiger partial charge >= 0.3 is 12.4 Å². The van der Waals surface area contributed by atoms with Crippen molar-refractivity contribution in [3.8, 4) is 5.75 Å². The smallest absolute Gasteiger partial charge is 0.420 e. The predicted octanol–water partition coefficient (Wildman–Crippen LogP) is 3.87. The second-order valence-corrected chi connectivity index (χ2v) is 3.03. The molecule has 0 saturated heterocycles. The molecule has 1 aromatic rings. The van der Waals surface area contributed by atoms with E-state index in [9.17, 15) is 30.7 Å². The van der Waals surface area contributed by atoms with Crippen molar-refractivity contribution in [2.24, 2.45) is 0 Å². The Morgan fingerprint density at radius 1 is 0.941 bits per heavy atom. The maximum atomic E-state index is 13.0. The number of alkyl halides is 6. The monoisotopic (exact) mass is 262 g/mol. The lowest BCUT2D eigenvalue weighted by molar-refractivity contribution is -0.144. The molecular weight excluding hydrogens is 257 g/mol. The van der Waals surface area contributed by atoms with Crippen LogP contribution in [0.5, 0.6) is 5.75 Å². The van der Waals surface area contributed by atoms with Crippen molar-refractivity contribution in [3.63, 3.8) is 0 Å². The van der Waals surface area contributed by atoms with Crippen LogP contribution in [0, 0.1) is 5.82 Å². The topological polar surface area (TPSA) is 9.23 Å². The lowest BCUT2D eigenvalue weighted by atomic mass is 10.1. The van der Waals surface area contributed by atoms with Crippen LogP contribution in [0.1, 0.15) is 11.1 Å². The van der Waals surface area contributed by atoms with E-state index in [2.05, 4.69) is 4.74 Å². The number of ether oxygens (including phenoxy) is 1. The van der Waals surface area contributed by atoms with Crippen LogP contribution in [-0.2, 0) is 12.4 Å². The summed E-state index contributed by atoms with van der Waals surface area (Å²) in [5.74, 6) is -2.97. The standard InChI is InChI=1S/C9H5F7O/c1-17-7-5(9(14,15)16)2-4(3-6(7)10)8(11,12)13/h2-3H,1H3. The van der Waals surface area contributed by atoms with Gasteiger partial charge in [-0.2, -0.15) is 26.3 Å². The summed E-state index contributed by atoms with van der Waals surface area (Å²) >= 11 is 0. The first kappa shape index (κ1) is 13.6. The summed E-state index contributed by atoms with van der Waals surface area (Å²) in [6.45, 7) is 0. The Bertz CT molecular complexity index is 419. The van der Waals surface area contributed by atoms with Crippen molar-refractivity contribution in [2.75, 3.05) is 7.11 Å². The third-order valence-electron chi connectivity index (χ3n) is 1.88. The van der Waals surface area contributed by atoms with Crippen LogP contribution in [0.4, 0.5) is 30.7 Å². The second-order valence-electron chi connectivity index (χ2n) is 3.03. The zero-order valence-electron chi connectivity index (χ0n) is 8.21. The highest BCUT2D eigenvalue weighted by Gasteiger charge is 2.40. The highest BCUT2D eigenvalue weighted by atomic mass is 19.4. The van der Waals surface area contributed by atoms with Crippen LogP contribution >= 0.6 is 0 Å². The summed E-state index contributed by atoms with van der Waals surface area (Å²) in [4.78, 5) is 0. The van der Waals surface area contributed by atoms with Crippen molar-refractivity contribution < 1.29 is 35.5 Å². The highest BCUT2D eigenvalue weighted by Crippen LogP contribution is 2.41. The fraction of sp³-hybridized carbons (Fsp3) is 0.333. The summed E-state index contributed by atoms with van der Waals surface area (Å²) in [6.07, 6.45) is -10.2. The van der Waals surface area contributed by atoms with Gasteiger partial charge in [-0.3, -0.25) is 0 Å². The van der Waals surface area contributed by atoms with E-state index in [-0.39, 0.29) is 12.1 Å². The average Bonchev–Trinajstić information content (AvgIpc) is 2.13. The molecule has 1 aromatic carbocycles. The first-order valence-electron chi connectivity index (χ1n) is 4.09. The molecule has 8 heteroatoms. The molecule has 0 fully saturated rings. The van der Waals surface area contributed by atoms with Crippen LogP contribution in [0.3, 0.4) is 0 Å². The number of hydrogen-bond acceptors (Lipinski definition) is 1. The van der Waals surface area contributed by atoms with Crippen LogP contribution < -0.4 is 4.74 Å². The van der Waals surface area contributed by atoms with Gasteiger partial charge in [0.25, 0.3) is 0 Å². The van der Waals surface area contributed by atoms with Gasteiger partial charge in [-0.05, 0) is 12.1 Å². The Morgan fingerprint density at radius 2 is 1.47 bits per heavy atom. The molecule has 0 bridgehead atoms. The molecule has 0 aromatic heterocycles. The molecule has 1 nitrogen and oxygen atoms in total. The molecule has 0 amide bonds. The van der Waals surface area contributed by atoms with Crippen LogP contribution in [0.25, 0.3) is 0 Å². The average molecular weight is 262 g/mol. The fourth-order valence-corrected chi connectivity index (χ4v) is 1.18. The molecule has 0 atom stereocenters. The SMILES string of the molecule is COc1c(F)cc(C(F)(F)F)cc1C(F)(F)F. The van der Waals surface area contributed by atoms with E-state index in [0.29, 0.717) is 0 Å². The molecule has 17 heavy (non-hydrogen) atoms. The molecule has 0 aliphatic heterocycles. The van der Waals surface area contributed by atoms with Gasteiger partial charge in [0.15, 0.2) is 11.6 Å². The van der Waals surface area contributed by atoms with E-state index >= 15 is 0 Å². The van der Waals surface area contributed by atoms with Crippen LogP contribution in [0.15, 0.2) is 12.1 Å². The van der Waals surface area contributed by atoms with Gasteiger partial charge in [0.2, 0.25) is 0 Å². The molecule has 0 N–H and O–H groups in total. The minimum atomic E-state index is -5.13. The van der Waals surface area contributed by atoms with Gasteiger partial charge in [0, 0.05) is 0 Å². The normalized spacial score (nSPS) is 12.7. The number of rotatable bonds is 1. The molecular formula is C9H5F7O. The first-order chi connectivity index (χ1) is 7.57. The quantitative estimate of drug-likeness (QED) is 0.698. The van der Waals surface area contributed by atoms with Crippen LogP contribution in [-0.4, -0.2) is 7.11 Å². The van der Waals surface area contributed by atoms with Gasteiger partial charge in [-0.1, -0.05) is 0 Å². The Balaban J connectivity index is 3.51. The molecule has 0 radical (unpaired) electrons. The zero-order valence-corrected chi connectivity index (χ0v) is 8.21.